The lowest BCUT2D eigenvalue weighted by Gasteiger charge is -2.38. The predicted octanol–water partition coefficient (Wildman–Crippen LogP) is 3.30. The van der Waals surface area contributed by atoms with E-state index < -0.39 is 0 Å². The van der Waals surface area contributed by atoms with Crippen LogP contribution < -0.4 is 0 Å². The van der Waals surface area contributed by atoms with Gasteiger partial charge in [-0.3, -0.25) is 0 Å². The molecule has 1 heteroatoms. The third kappa shape index (κ3) is 0.638. The summed E-state index contributed by atoms with van der Waals surface area (Å²) in [6, 6.07) is 0. The zero-order valence-corrected chi connectivity index (χ0v) is 8.41. The van der Waals surface area contributed by atoms with Crippen molar-refractivity contribution in [1.29, 1.82) is 0 Å². The van der Waals surface area contributed by atoms with E-state index in [1.165, 1.54) is 12.8 Å². The van der Waals surface area contributed by atoms with E-state index in [9.17, 15) is 0 Å². The molecule has 2 saturated carbocycles. The molecule has 0 aromatic heterocycles. The van der Waals surface area contributed by atoms with Crippen LogP contribution in [0.25, 0.3) is 0 Å². The number of alkyl halides is 1. The van der Waals surface area contributed by atoms with E-state index in [1.54, 1.807) is 0 Å². The summed E-state index contributed by atoms with van der Waals surface area (Å²) < 4.78 is 0. The van der Waals surface area contributed by atoms with E-state index >= 15 is 0 Å². The molecule has 0 heterocycles. The highest BCUT2D eigenvalue weighted by Gasteiger charge is 2.74. The van der Waals surface area contributed by atoms with E-state index in [2.05, 4.69) is 20.8 Å². The van der Waals surface area contributed by atoms with Crippen LogP contribution in [0.2, 0.25) is 0 Å². The van der Waals surface area contributed by atoms with Crippen LogP contribution in [-0.4, -0.2) is 5.88 Å². The van der Waals surface area contributed by atoms with Gasteiger partial charge in [0.2, 0.25) is 0 Å². The second-order valence-electron chi connectivity index (χ2n) is 4.91. The Labute approximate surface area is 74.3 Å². The summed E-state index contributed by atoms with van der Waals surface area (Å²) in [5, 5.41) is 0. The molecule has 0 aromatic carbocycles. The molecular weight excluding hydrogens is 156 g/mol. The van der Waals surface area contributed by atoms with Crippen molar-refractivity contribution < 1.29 is 0 Å². The quantitative estimate of drug-likeness (QED) is 0.533. The molecule has 0 saturated heterocycles. The lowest BCUT2D eigenvalue weighted by Crippen LogP contribution is -2.30. The monoisotopic (exact) mass is 172 g/mol. The van der Waals surface area contributed by atoms with Gasteiger partial charge in [0, 0.05) is 5.88 Å². The molecule has 2 rings (SSSR count). The Morgan fingerprint density at radius 3 is 2.18 bits per heavy atom. The molecule has 3 unspecified atom stereocenters. The summed E-state index contributed by atoms with van der Waals surface area (Å²) in [6.45, 7) is 7.16. The highest BCUT2D eigenvalue weighted by molar-refractivity contribution is 6.18. The summed E-state index contributed by atoms with van der Waals surface area (Å²) >= 11 is 5.95. The molecule has 3 atom stereocenters. The second kappa shape index (κ2) is 1.96. The molecule has 2 aliphatic rings. The van der Waals surface area contributed by atoms with Crippen LogP contribution in [0, 0.1) is 22.7 Å². The summed E-state index contributed by atoms with van der Waals surface area (Å²) in [6.07, 6.45) is 2.86. The molecular formula is C10H17Cl. The third-order valence-corrected chi connectivity index (χ3v) is 4.94. The lowest BCUT2D eigenvalue weighted by molar-refractivity contribution is 0.114. The summed E-state index contributed by atoms with van der Waals surface area (Å²) in [4.78, 5) is 0. The summed E-state index contributed by atoms with van der Waals surface area (Å²) in [7, 11) is 0. The van der Waals surface area contributed by atoms with Crippen molar-refractivity contribution in [1.82, 2.24) is 0 Å². The first-order chi connectivity index (χ1) is 5.07. The highest BCUT2D eigenvalue weighted by atomic mass is 35.5. The molecule has 0 amide bonds. The minimum atomic E-state index is 0.548. The molecule has 0 nitrogen and oxygen atoms in total. The van der Waals surface area contributed by atoms with Crippen molar-refractivity contribution in [2.24, 2.45) is 22.7 Å². The number of halogens is 1. The molecule has 64 valence electrons. The summed E-state index contributed by atoms with van der Waals surface area (Å²) in [5.74, 6) is 2.61. The maximum Gasteiger partial charge on any atom is 0.0262 e. The maximum atomic E-state index is 5.95. The van der Waals surface area contributed by atoms with Gasteiger partial charge >= 0.3 is 0 Å². The van der Waals surface area contributed by atoms with Crippen LogP contribution in [0.15, 0.2) is 0 Å². The van der Waals surface area contributed by atoms with Gasteiger partial charge in [0.1, 0.15) is 0 Å². The van der Waals surface area contributed by atoms with Gasteiger partial charge in [-0.05, 0) is 35.5 Å². The molecule has 0 aliphatic heterocycles. The molecule has 2 fully saturated rings. The fraction of sp³-hybridized carbons (Fsp3) is 1.00. The van der Waals surface area contributed by atoms with Crippen molar-refractivity contribution >= 4 is 11.6 Å². The Hall–Kier alpha value is 0.290. The Morgan fingerprint density at radius 2 is 2.09 bits per heavy atom. The molecule has 0 bridgehead atoms. The lowest BCUT2D eigenvalue weighted by atomic mass is 9.67. The average molecular weight is 173 g/mol. The standard InChI is InChI=1S/C10H17Cl/c1-7-4-5-10(7)8(6-11)9(10,2)3/h7-8H,4-6H2,1-3H3. The van der Waals surface area contributed by atoms with E-state index in [0.717, 1.165) is 17.7 Å². The van der Waals surface area contributed by atoms with Crippen molar-refractivity contribution in [3.05, 3.63) is 0 Å². The van der Waals surface area contributed by atoms with Gasteiger partial charge in [-0.15, -0.1) is 11.6 Å². The maximum absolute atomic E-state index is 5.95. The van der Waals surface area contributed by atoms with Crippen LogP contribution >= 0.6 is 11.6 Å². The molecule has 0 radical (unpaired) electrons. The SMILES string of the molecule is CC1CCC12C(CCl)C2(C)C. The second-order valence-corrected chi connectivity index (χ2v) is 5.22. The minimum absolute atomic E-state index is 0.548. The summed E-state index contributed by atoms with van der Waals surface area (Å²) in [5.41, 5.74) is 1.21. The van der Waals surface area contributed by atoms with E-state index in [4.69, 9.17) is 11.6 Å². The molecule has 0 N–H and O–H groups in total. The van der Waals surface area contributed by atoms with Gasteiger partial charge in [-0.25, -0.2) is 0 Å². The first-order valence-corrected chi connectivity index (χ1v) is 5.17. The van der Waals surface area contributed by atoms with Crippen molar-refractivity contribution in [3.63, 3.8) is 0 Å². The first-order valence-electron chi connectivity index (χ1n) is 4.63. The number of hydrogen-bond donors (Lipinski definition) is 0. The molecule has 2 aliphatic carbocycles. The zero-order valence-electron chi connectivity index (χ0n) is 7.65. The Balaban J connectivity index is 2.18. The van der Waals surface area contributed by atoms with Crippen molar-refractivity contribution in [2.75, 3.05) is 5.88 Å². The minimum Gasteiger partial charge on any atom is -0.126 e. The van der Waals surface area contributed by atoms with Crippen molar-refractivity contribution in [2.45, 2.75) is 33.6 Å². The van der Waals surface area contributed by atoms with Gasteiger partial charge in [-0.2, -0.15) is 0 Å². The highest BCUT2D eigenvalue weighted by Crippen LogP contribution is 2.80. The smallest absolute Gasteiger partial charge is 0.0262 e. The normalized spacial score (nSPS) is 52.4. The van der Waals surface area contributed by atoms with Gasteiger partial charge in [0.05, 0.1) is 0 Å². The van der Waals surface area contributed by atoms with Crippen LogP contribution in [-0.2, 0) is 0 Å². The van der Waals surface area contributed by atoms with E-state index in [0.29, 0.717) is 10.8 Å². The van der Waals surface area contributed by atoms with Gasteiger partial charge < -0.3 is 0 Å². The van der Waals surface area contributed by atoms with Crippen LogP contribution in [0.5, 0.6) is 0 Å². The van der Waals surface area contributed by atoms with Gasteiger partial charge in [0.15, 0.2) is 0 Å². The predicted molar refractivity (Wildman–Crippen MR) is 48.8 cm³/mol. The van der Waals surface area contributed by atoms with E-state index in [1.807, 2.05) is 0 Å². The Morgan fingerprint density at radius 1 is 1.45 bits per heavy atom. The fourth-order valence-corrected chi connectivity index (χ4v) is 4.21. The van der Waals surface area contributed by atoms with Crippen molar-refractivity contribution in [3.8, 4) is 0 Å². The van der Waals surface area contributed by atoms with Gasteiger partial charge in [-0.1, -0.05) is 20.8 Å². The third-order valence-electron chi connectivity index (χ3n) is 4.63. The van der Waals surface area contributed by atoms with Gasteiger partial charge in [0.25, 0.3) is 0 Å². The molecule has 11 heavy (non-hydrogen) atoms. The van der Waals surface area contributed by atoms with E-state index in [-0.39, 0.29) is 0 Å². The topological polar surface area (TPSA) is 0 Å². The number of hydrogen-bond acceptors (Lipinski definition) is 0. The van der Waals surface area contributed by atoms with Crippen LogP contribution in [0.3, 0.4) is 0 Å². The average Bonchev–Trinajstić information content (AvgIpc) is 2.46. The number of rotatable bonds is 1. The van der Waals surface area contributed by atoms with Crippen LogP contribution in [0.4, 0.5) is 0 Å². The largest absolute Gasteiger partial charge is 0.126 e. The van der Waals surface area contributed by atoms with Crippen LogP contribution in [0.1, 0.15) is 33.6 Å². The Bertz CT molecular complexity index is 185. The zero-order chi connectivity index (χ0) is 8.28. The molecule has 1 spiro atoms. The fourth-order valence-electron chi connectivity index (χ4n) is 3.55. The first kappa shape index (κ1) is 7.91. The Kier molecular flexibility index (Phi) is 1.41. The molecule has 0 aromatic rings.